The maximum atomic E-state index is 13.2. The molecule has 2 aromatic carbocycles. The van der Waals surface area contributed by atoms with Gasteiger partial charge in [-0.25, -0.2) is 0 Å². The molecule has 1 N–H and O–H groups in total. The Balaban J connectivity index is 1.76. The molecule has 0 aliphatic carbocycles. The van der Waals surface area contributed by atoms with Crippen LogP contribution in [0.4, 0.5) is 20.2 Å². The number of ether oxygens (including phenoxy) is 1. The zero-order chi connectivity index (χ0) is 18.8. The Morgan fingerprint density at radius 2 is 1.74 bits per heavy atom. The van der Waals surface area contributed by atoms with Gasteiger partial charge in [-0.3, -0.25) is 14.7 Å². The summed E-state index contributed by atoms with van der Waals surface area (Å²) in [6.45, 7) is -2.90. The van der Waals surface area contributed by atoms with Gasteiger partial charge in [0.1, 0.15) is 5.75 Å². The van der Waals surface area contributed by atoms with E-state index in [4.69, 9.17) is 0 Å². The molecule has 1 aromatic heterocycles. The molecule has 1 amide bonds. The summed E-state index contributed by atoms with van der Waals surface area (Å²) in [5, 5.41) is 3.33. The van der Waals surface area contributed by atoms with Crippen LogP contribution in [0.2, 0.25) is 0 Å². The van der Waals surface area contributed by atoms with Crippen molar-refractivity contribution in [1.82, 2.24) is 4.98 Å². The molecule has 5 nitrogen and oxygen atoms in total. The third-order valence-corrected chi connectivity index (χ3v) is 4.23. The third-order valence-electron chi connectivity index (χ3n) is 4.23. The van der Waals surface area contributed by atoms with Crippen molar-refractivity contribution >= 4 is 17.3 Å². The van der Waals surface area contributed by atoms with Gasteiger partial charge in [-0.05, 0) is 48.5 Å². The predicted octanol–water partition coefficient (Wildman–Crippen LogP) is 4.45. The number of alkyl halides is 2. The average Bonchev–Trinajstić information content (AvgIpc) is 2.69. The molecule has 0 saturated carbocycles. The number of fused-ring (bicyclic) bond motifs is 1. The molecular formula is C20H15F2N3O2. The molecule has 2 heterocycles. The smallest absolute Gasteiger partial charge is 0.387 e. The summed E-state index contributed by atoms with van der Waals surface area (Å²) in [7, 11) is 0. The van der Waals surface area contributed by atoms with E-state index in [1.807, 2.05) is 24.3 Å². The number of nitrogens with one attached hydrogen (secondary N) is 1. The Bertz CT molecular complexity index is 949. The first kappa shape index (κ1) is 17.0. The second-order valence-electron chi connectivity index (χ2n) is 5.89. The van der Waals surface area contributed by atoms with Crippen molar-refractivity contribution in [2.45, 2.75) is 12.8 Å². The molecule has 0 radical (unpaired) electrons. The van der Waals surface area contributed by atoms with Crippen molar-refractivity contribution in [3.8, 4) is 5.75 Å². The van der Waals surface area contributed by atoms with E-state index in [1.54, 1.807) is 41.4 Å². The van der Waals surface area contributed by atoms with Gasteiger partial charge in [-0.1, -0.05) is 18.2 Å². The molecule has 136 valence electrons. The van der Waals surface area contributed by atoms with E-state index < -0.39 is 12.8 Å². The first-order valence-corrected chi connectivity index (χ1v) is 8.28. The summed E-state index contributed by atoms with van der Waals surface area (Å²) in [5.74, 6) is -0.177. The number of para-hydroxylation sites is 1. The van der Waals surface area contributed by atoms with Gasteiger partial charge >= 0.3 is 6.61 Å². The predicted molar refractivity (Wildman–Crippen MR) is 96.9 cm³/mol. The van der Waals surface area contributed by atoms with Crippen LogP contribution in [0.5, 0.6) is 5.75 Å². The molecule has 27 heavy (non-hydrogen) atoms. The molecule has 0 fully saturated rings. The highest BCUT2D eigenvalue weighted by Gasteiger charge is 2.34. The fourth-order valence-electron chi connectivity index (χ4n) is 3.05. The van der Waals surface area contributed by atoms with E-state index in [2.05, 4.69) is 15.0 Å². The van der Waals surface area contributed by atoms with Crippen molar-refractivity contribution in [3.05, 3.63) is 84.2 Å². The topological polar surface area (TPSA) is 54.5 Å². The number of halogens is 2. The van der Waals surface area contributed by atoms with Crippen LogP contribution in [-0.4, -0.2) is 17.5 Å². The van der Waals surface area contributed by atoms with E-state index >= 15 is 0 Å². The van der Waals surface area contributed by atoms with Gasteiger partial charge in [0.05, 0.1) is 11.3 Å². The van der Waals surface area contributed by atoms with E-state index in [-0.39, 0.29) is 11.7 Å². The van der Waals surface area contributed by atoms with Crippen molar-refractivity contribution in [2.24, 2.45) is 0 Å². The van der Waals surface area contributed by atoms with Gasteiger partial charge in [0, 0.05) is 17.6 Å². The van der Waals surface area contributed by atoms with E-state index in [1.165, 1.54) is 12.1 Å². The van der Waals surface area contributed by atoms with Crippen LogP contribution >= 0.6 is 0 Å². The number of pyridine rings is 1. The van der Waals surface area contributed by atoms with Crippen molar-refractivity contribution in [3.63, 3.8) is 0 Å². The fourth-order valence-corrected chi connectivity index (χ4v) is 3.05. The summed E-state index contributed by atoms with van der Waals surface area (Å²) in [4.78, 5) is 19.1. The molecule has 0 unspecified atom stereocenters. The van der Waals surface area contributed by atoms with Crippen LogP contribution in [0.25, 0.3) is 0 Å². The number of anilines is 2. The number of aromatic nitrogens is 1. The van der Waals surface area contributed by atoms with E-state index in [0.29, 0.717) is 22.6 Å². The average molecular weight is 367 g/mol. The number of hydrogen-bond donors (Lipinski definition) is 1. The van der Waals surface area contributed by atoms with Crippen LogP contribution in [0, 0.1) is 0 Å². The number of nitrogens with zero attached hydrogens (tertiary/aromatic N) is 2. The Morgan fingerprint density at radius 1 is 1.00 bits per heavy atom. The molecule has 0 saturated heterocycles. The lowest BCUT2D eigenvalue weighted by Crippen LogP contribution is -2.43. The quantitative estimate of drug-likeness (QED) is 0.740. The van der Waals surface area contributed by atoms with Crippen molar-refractivity contribution < 1.29 is 18.3 Å². The molecule has 1 aliphatic rings. The number of amides is 1. The molecule has 7 heteroatoms. The largest absolute Gasteiger partial charge is 0.435 e. The fraction of sp³-hybridized carbons (Fsp3) is 0.100. The monoisotopic (exact) mass is 367 g/mol. The van der Waals surface area contributed by atoms with Gasteiger partial charge in [0.15, 0.2) is 6.17 Å². The minimum atomic E-state index is -2.90. The van der Waals surface area contributed by atoms with Crippen LogP contribution in [-0.2, 0) is 0 Å². The van der Waals surface area contributed by atoms with Gasteiger partial charge in [-0.15, -0.1) is 0 Å². The van der Waals surface area contributed by atoms with Crippen LogP contribution in [0.3, 0.4) is 0 Å². The lowest BCUT2D eigenvalue weighted by molar-refractivity contribution is -0.0498. The summed E-state index contributed by atoms with van der Waals surface area (Å²) in [6, 6.07) is 18.6. The Labute approximate surface area is 154 Å². The highest BCUT2D eigenvalue weighted by molar-refractivity contribution is 6.12. The number of carbonyl (C=O) groups is 1. The second-order valence-corrected chi connectivity index (χ2v) is 5.89. The number of benzene rings is 2. The van der Waals surface area contributed by atoms with Crippen molar-refractivity contribution in [1.29, 1.82) is 0 Å². The summed E-state index contributed by atoms with van der Waals surface area (Å²) in [6.07, 6.45) is 1.12. The Kier molecular flexibility index (Phi) is 4.42. The number of hydrogen-bond acceptors (Lipinski definition) is 4. The van der Waals surface area contributed by atoms with Gasteiger partial charge in [-0.2, -0.15) is 8.78 Å². The molecule has 3 aromatic rings. The standard InChI is InChI=1S/C20H15F2N3O2/c21-20(22)27-14-10-8-13(9-11-14)25-18(17-7-3-4-12-23-17)24-16-6-2-1-5-15(16)19(25)26/h1-12,18,20,24H/t18-/m0/s1. The maximum absolute atomic E-state index is 13.2. The van der Waals surface area contributed by atoms with Crippen LogP contribution in [0.15, 0.2) is 72.9 Å². The summed E-state index contributed by atoms with van der Waals surface area (Å²) in [5.41, 5.74) is 2.44. The minimum Gasteiger partial charge on any atom is -0.435 e. The van der Waals surface area contributed by atoms with E-state index in [0.717, 1.165) is 0 Å². The highest BCUT2D eigenvalue weighted by Crippen LogP contribution is 2.36. The number of carbonyl (C=O) groups excluding carboxylic acids is 1. The summed E-state index contributed by atoms with van der Waals surface area (Å²) < 4.78 is 29.1. The molecule has 0 spiro atoms. The normalized spacial score (nSPS) is 16.0. The van der Waals surface area contributed by atoms with Crippen LogP contribution in [0.1, 0.15) is 22.2 Å². The first-order chi connectivity index (χ1) is 13.1. The SMILES string of the molecule is O=C1c2ccccc2N[C@H](c2ccccn2)N1c1ccc(OC(F)F)cc1. The van der Waals surface area contributed by atoms with E-state index in [9.17, 15) is 13.6 Å². The zero-order valence-electron chi connectivity index (χ0n) is 14.0. The first-order valence-electron chi connectivity index (χ1n) is 8.28. The molecule has 4 rings (SSSR count). The Hall–Kier alpha value is -3.48. The molecular weight excluding hydrogens is 352 g/mol. The molecule has 1 aliphatic heterocycles. The van der Waals surface area contributed by atoms with Crippen molar-refractivity contribution in [2.75, 3.05) is 10.2 Å². The van der Waals surface area contributed by atoms with Gasteiger partial charge in [0.2, 0.25) is 0 Å². The Morgan fingerprint density at radius 3 is 2.44 bits per heavy atom. The zero-order valence-corrected chi connectivity index (χ0v) is 14.0. The van der Waals surface area contributed by atoms with Crippen LogP contribution < -0.4 is 15.0 Å². The maximum Gasteiger partial charge on any atom is 0.387 e. The van der Waals surface area contributed by atoms with Gasteiger partial charge in [0.25, 0.3) is 5.91 Å². The minimum absolute atomic E-state index is 0.0287. The lowest BCUT2D eigenvalue weighted by Gasteiger charge is -2.37. The third kappa shape index (κ3) is 3.31. The van der Waals surface area contributed by atoms with Gasteiger partial charge < -0.3 is 10.1 Å². The molecule has 1 atom stereocenters. The summed E-state index contributed by atoms with van der Waals surface area (Å²) >= 11 is 0. The highest BCUT2D eigenvalue weighted by atomic mass is 19.3. The lowest BCUT2D eigenvalue weighted by atomic mass is 10.0. The molecule has 0 bridgehead atoms. The second kappa shape index (κ2) is 7.03. The number of rotatable bonds is 4.